The Hall–Kier alpha value is -0.630. The first kappa shape index (κ1) is 16.7. The molecule has 2 N–H and O–H groups in total. The third kappa shape index (κ3) is 4.18. The van der Waals surface area contributed by atoms with E-state index in [-0.39, 0.29) is 24.3 Å². The summed E-state index contributed by atoms with van der Waals surface area (Å²) in [4.78, 5) is 0. The number of halogens is 1. The smallest absolute Gasteiger partial charge is 0.212 e. The second-order valence-corrected chi connectivity index (χ2v) is 7.70. The van der Waals surface area contributed by atoms with Gasteiger partial charge >= 0.3 is 0 Å². The molecule has 0 fully saturated rings. The van der Waals surface area contributed by atoms with Crippen molar-refractivity contribution < 1.29 is 13.5 Å². The Kier molecular flexibility index (Phi) is 5.65. The molecule has 1 heterocycles. The van der Waals surface area contributed by atoms with Gasteiger partial charge in [0.2, 0.25) is 10.0 Å². The summed E-state index contributed by atoms with van der Waals surface area (Å²) in [7, 11) is -3.36. The van der Waals surface area contributed by atoms with Crippen molar-refractivity contribution in [3.05, 3.63) is 17.5 Å². The maximum atomic E-state index is 12.2. The van der Waals surface area contributed by atoms with Crippen LogP contribution < -0.4 is 4.72 Å². The molecule has 0 saturated carbocycles. The minimum atomic E-state index is -3.36. The number of sulfonamides is 1. The number of aliphatic hydroxyl groups is 1. The Balaban J connectivity index is 2.13. The van der Waals surface area contributed by atoms with E-state index in [0.29, 0.717) is 12.4 Å². The third-order valence-electron chi connectivity index (χ3n) is 3.66. The van der Waals surface area contributed by atoms with Gasteiger partial charge < -0.3 is 5.11 Å². The van der Waals surface area contributed by atoms with E-state index in [4.69, 9.17) is 16.7 Å². The van der Waals surface area contributed by atoms with Crippen molar-refractivity contribution in [2.45, 2.75) is 38.8 Å². The van der Waals surface area contributed by atoms with Crippen LogP contribution in [-0.2, 0) is 23.0 Å². The van der Waals surface area contributed by atoms with Gasteiger partial charge in [0.15, 0.2) is 0 Å². The predicted octanol–water partition coefficient (Wildman–Crippen LogP) is 1.05. The molecule has 0 amide bonds. The number of nitrogens with zero attached hydrogens (tertiary/aromatic N) is 2. The van der Waals surface area contributed by atoms with Crippen molar-refractivity contribution >= 4 is 21.6 Å². The normalized spacial score (nSPS) is 20.2. The van der Waals surface area contributed by atoms with Crippen LogP contribution in [0.15, 0.2) is 6.20 Å². The Morgan fingerprint density at radius 1 is 1.62 bits per heavy atom. The van der Waals surface area contributed by atoms with Gasteiger partial charge in [-0.1, -0.05) is 6.92 Å². The van der Waals surface area contributed by atoms with Crippen molar-refractivity contribution in [2.75, 3.05) is 18.2 Å². The standard InChI is InChI=1S/C13H22ClN3O3S/c1-10(7-14)9-21(19,20)16-12-3-2-4-13-11(12)8-15-17(13)5-6-18/h8,10,12,16,18H,2-7,9H2,1H3. The first-order valence-electron chi connectivity index (χ1n) is 7.18. The Labute approximate surface area is 130 Å². The lowest BCUT2D eigenvalue weighted by molar-refractivity contribution is 0.266. The largest absolute Gasteiger partial charge is 0.394 e. The number of alkyl halides is 1. The van der Waals surface area contributed by atoms with Crippen LogP contribution in [-0.4, -0.2) is 41.5 Å². The summed E-state index contributed by atoms with van der Waals surface area (Å²) >= 11 is 5.69. The van der Waals surface area contributed by atoms with Crippen molar-refractivity contribution in [2.24, 2.45) is 5.92 Å². The average Bonchev–Trinajstić information content (AvgIpc) is 2.83. The van der Waals surface area contributed by atoms with E-state index in [1.165, 1.54) is 0 Å². The van der Waals surface area contributed by atoms with Crippen LogP contribution in [0.1, 0.15) is 37.1 Å². The monoisotopic (exact) mass is 335 g/mol. The van der Waals surface area contributed by atoms with Gasteiger partial charge in [0, 0.05) is 17.1 Å². The number of rotatable bonds is 7. The van der Waals surface area contributed by atoms with E-state index in [9.17, 15) is 8.42 Å². The van der Waals surface area contributed by atoms with Crippen molar-refractivity contribution in [3.8, 4) is 0 Å². The third-order valence-corrected chi connectivity index (χ3v) is 5.84. The molecule has 1 aromatic rings. The zero-order chi connectivity index (χ0) is 15.5. The zero-order valence-electron chi connectivity index (χ0n) is 12.1. The van der Waals surface area contributed by atoms with Crippen molar-refractivity contribution in [1.82, 2.24) is 14.5 Å². The molecule has 0 spiro atoms. The van der Waals surface area contributed by atoms with E-state index >= 15 is 0 Å². The lowest BCUT2D eigenvalue weighted by atomic mass is 9.94. The van der Waals surface area contributed by atoms with Gasteiger partial charge in [0.25, 0.3) is 0 Å². The van der Waals surface area contributed by atoms with E-state index in [0.717, 1.165) is 30.5 Å². The van der Waals surface area contributed by atoms with E-state index in [2.05, 4.69) is 9.82 Å². The molecular weight excluding hydrogens is 314 g/mol. The van der Waals surface area contributed by atoms with Crippen LogP contribution >= 0.6 is 11.6 Å². The molecular formula is C13H22ClN3O3S. The summed E-state index contributed by atoms with van der Waals surface area (Å²) in [6.07, 6.45) is 4.25. The van der Waals surface area contributed by atoms with E-state index < -0.39 is 10.0 Å². The summed E-state index contributed by atoms with van der Waals surface area (Å²) in [6.45, 7) is 2.29. The number of aromatic nitrogens is 2. The highest BCUT2D eigenvalue weighted by Crippen LogP contribution is 2.30. The predicted molar refractivity (Wildman–Crippen MR) is 81.8 cm³/mol. The van der Waals surface area contributed by atoms with Crippen LogP contribution in [0, 0.1) is 5.92 Å². The van der Waals surface area contributed by atoms with Crippen LogP contribution in [0.4, 0.5) is 0 Å². The topological polar surface area (TPSA) is 84.2 Å². The van der Waals surface area contributed by atoms with E-state index in [1.54, 1.807) is 10.9 Å². The summed E-state index contributed by atoms with van der Waals surface area (Å²) in [5, 5.41) is 13.3. The van der Waals surface area contributed by atoms with Gasteiger partial charge in [0.05, 0.1) is 31.1 Å². The maximum absolute atomic E-state index is 12.2. The van der Waals surface area contributed by atoms with Gasteiger partial charge in [0.1, 0.15) is 0 Å². The molecule has 0 saturated heterocycles. The fourth-order valence-electron chi connectivity index (χ4n) is 2.71. The van der Waals surface area contributed by atoms with Gasteiger partial charge in [-0.25, -0.2) is 13.1 Å². The molecule has 6 nitrogen and oxygen atoms in total. The van der Waals surface area contributed by atoms with Crippen LogP contribution in [0.3, 0.4) is 0 Å². The molecule has 8 heteroatoms. The van der Waals surface area contributed by atoms with Crippen molar-refractivity contribution in [1.29, 1.82) is 0 Å². The molecule has 0 aliphatic heterocycles. The maximum Gasteiger partial charge on any atom is 0.212 e. The molecule has 0 aromatic carbocycles. The number of aliphatic hydroxyl groups excluding tert-OH is 1. The van der Waals surface area contributed by atoms with Gasteiger partial charge in [-0.3, -0.25) is 4.68 Å². The second-order valence-electron chi connectivity index (χ2n) is 5.60. The molecule has 0 bridgehead atoms. The minimum absolute atomic E-state index is 0.0255. The Morgan fingerprint density at radius 3 is 3.05 bits per heavy atom. The zero-order valence-corrected chi connectivity index (χ0v) is 13.7. The van der Waals surface area contributed by atoms with E-state index in [1.807, 2.05) is 6.92 Å². The van der Waals surface area contributed by atoms with Gasteiger partial charge in [-0.15, -0.1) is 11.6 Å². The van der Waals surface area contributed by atoms with Gasteiger partial charge in [-0.05, 0) is 25.2 Å². The van der Waals surface area contributed by atoms with Crippen LogP contribution in [0.25, 0.3) is 0 Å². The highest BCUT2D eigenvalue weighted by atomic mass is 35.5. The molecule has 2 rings (SSSR count). The molecule has 2 unspecified atom stereocenters. The number of hydrogen-bond acceptors (Lipinski definition) is 4. The van der Waals surface area contributed by atoms with Crippen LogP contribution in [0.2, 0.25) is 0 Å². The molecule has 120 valence electrons. The molecule has 2 atom stereocenters. The highest BCUT2D eigenvalue weighted by molar-refractivity contribution is 7.89. The average molecular weight is 336 g/mol. The fourth-order valence-corrected chi connectivity index (χ4v) is 4.59. The molecule has 21 heavy (non-hydrogen) atoms. The number of nitrogens with one attached hydrogen (secondary N) is 1. The number of hydrogen-bond donors (Lipinski definition) is 2. The minimum Gasteiger partial charge on any atom is -0.394 e. The SMILES string of the molecule is CC(CCl)CS(=O)(=O)NC1CCCc2c1cnn2CCO. The lowest BCUT2D eigenvalue weighted by Crippen LogP contribution is -2.34. The molecule has 1 aromatic heterocycles. The Bertz CT molecular complexity index is 573. The van der Waals surface area contributed by atoms with Crippen LogP contribution in [0.5, 0.6) is 0 Å². The first-order chi connectivity index (χ1) is 9.96. The molecule has 1 aliphatic rings. The summed E-state index contributed by atoms with van der Waals surface area (Å²) in [5.41, 5.74) is 1.95. The van der Waals surface area contributed by atoms with Crippen molar-refractivity contribution in [3.63, 3.8) is 0 Å². The molecule has 1 aliphatic carbocycles. The second kappa shape index (κ2) is 7.09. The molecule has 0 radical (unpaired) electrons. The fraction of sp³-hybridized carbons (Fsp3) is 0.769. The lowest BCUT2D eigenvalue weighted by Gasteiger charge is -2.24. The summed E-state index contributed by atoms with van der Waals surface area (Å²) in [5.74, 6) is 0.280. The Morgan fingerprint density at radius 2 is 2.38 bits per heavy atom. The quantitative estimate of drug-likeness (QED) is 0.729. The highest BCUT2D eigenvalue weighted by Gasteiger charge is 2.28. The summed E-state index contributed by atoms with van der Waals surface area (Å²) < 4.78 is 28.9. The first-order valence-corrected chi connectivity index (χ1v) is 9.37. The summed E-state index contributed by atoms with van der Waals surface area (Å²) in [6, 6.07) is -0.228. The van der Waals surface area contributed by atoms with Gasteiger partial charge in [-0.2, -0.15) is 5.10 Å². The number of fused-ring (bicyclic) bond motifs is 1.